The van der Waals surface area contributed by atoms with Crippen LogP contribution in [0.2, 0.25) is 0 Å². The Morgan fingerprint density at radius 1 is 1.17 bits per heavy atom. The van der Waals surface area contributed by atoms with Gasteiger partial charge in [0.05, 0.1) is 26.2 Å². The van der Waals surface area contributed by atoms with Crippen molar-refractivity contribution in [2.24, 2.45) is 0 Å². The van der Waals surface area contributed by atoms with Gasteiger partial charge in [0.1, 0.15) is 6.54 Å². The second-order valence-corrected chi connectivity index (χ2v) is 5.90. The van der Waals surface area contributed by atoms with E-state index in [-0.39, 0.29) is 4.91 Å². The molecule has 0 unspecified atom stereocenters. The van der Waals surface area contributed by atoms with Gasteiger partial charge in [-0.2, -0.15) is 0 Å². The summed E-state index contributed by atoms with van der Waals surface area (Å²) < 4.78 is 15.0. The Morgan fingerprint density at radius 2 is 1.79 bits per heavy atom. The lowest BCUT2D eigenvalue weighted by molar-refractivity contribution is -0.143. The number of carbonyl (C=O) groups excluding carboxylic acids is 3. The average molecular weight is 351 g/mol. The first-order valence-corrected chi connectivity index (χ1v) is 7.77. The van der Waals surface area contributed by atoms with Crippen molar-refractivity contribution in [1.82, 2.24) is 4.90 Å². The molecule has 1 aliphatic rings. The lowest BCUT2D eigenvalue weighted by Gasteiger charge is -2.11. The second kappa shape index (κ2) is 7.39. The van der Waals surface area contributed by atoms with E-state index in [2.05, 4.69) is 4.74 Å². The Balaban J connectivity index is 2.34. The number of aryl methyl sites for hydroxylation is 1. The van der Waals surface area contributed by atoms with Crippen molar-refractivity contribution < 1.29 is 28.6 Å². The zero-order chi connectivity index (χ0) is 17.9. The first-order chi connectivity index (χ1) is 11.4. The molecule has 0 aromatic heterocycles. The summed E-state index contributed by atoms with van der Waals surface area (Å²) in [5.41, 5.74) is 1.57. The topological polar surface area (TPSA) is 82.1 Å². The Kier molecular flexibility index (Phi) is 5.50. The Morgan fingerprint density at radius 3 is 2.38 bits per heavy atom. The number of benzene rings is 1. The predicted octanol–water partition coefficient (Wildman–Crippen LogP) is 2.22. The van der Waals surface area contributed by atoms with E-state index in [9.17, 15) is 14.4 Å². The summed E-state index contributed by atoms with van der Waals surface area (Å²) >= 11 is 0.780. The summed E-state index contributed by atoms with van der Waals surface area (Å²) in [6.45, 7) is 1.45. The van der Waals surface area contributed by atoms with Crippen LogP contribution < -0.4 is 9.47 Å². The smallest absolute Gasteiger partial charge is 0.325 e. The molecular formula is C16H17NO6S. The Bertz CT molecular complexity index is 728. The van der Waals surface area contributed by atoms with E-state index in [1.807, 2.05) is 6.92 Å². The van der Waals surface area contributed by atoms with Gasteiger partial charge in [-0.3, -0.25) is 19.3 Å². The van der Waals surface area contributed by atoms with Gasteiger partial charge in [-0.05, 0) is 48.0 Å². The van der Waals surface area contributed by atoms with Crippen LogP contribution in [0, 0.1) is 6.92 Å². The summed E-state index contributed by atoms with van der Waals surface area (Å²) in [4.78, 5) is 36.6. The van der Waals surface area contributed by atoms with Crippen LogP contribution in [0.4, 0.5) is 4.79 Å². The van der Waals surface area contributed by atoms with E-state index >= 15 is 0 Å². The molecule has 1 saturated heterocycles. The van der Waals surface area contributed by atoms with Crippen molar-refractivity contribution in [3.05, 3.63) is 28.2 Å². The van der Waals surface area contributed by atoms with Crippen LogP contribution in [0.15, 0.2) is 17.0 Å². The van der Waals surface area contributed by atoms with Crippen LogP contribution in [0.25, 0.3) is 6.08 Å². The fourth-order valence-corrected chi connectivity index (χ4v) is 2.95. The molecule has 1 aromatic carbocycles. The van der Waals surface area contributed by atoms with Gasteiger partial charge in [-0.25, -0.2) is 0 Å². The maximum absolute atomic E-state index is 12.3. The van der Waals surface area contributed by atoms with Gasteiger partial charge in [-0.1, -0.05) is 0 Å². The number of methoxy groups -OCH3 is 3. The highest BCUT2D eigenvalue weighted by Crippen LogP contribution is 2.35. The van der Waals surface area contributed by atoms with E-state index in [0.29, 0.717) is 11.5 Å². The summed E-state index contributed by atoms with van der Waals surface area (Å²) in [5, 5.41) is -0.505. The number of hydrogen-bond acceptors (Lipinski definition) is 7. The van der Waals surface area contributed by atoms with E-state index in [1.54, 1.807) is 18.2 Å². The monoisotopic (exact) mass is 351 g/mol. The molecule has 0 atom stereocenters. The molecule has 1 heterocycles. The molecule has 1 fully saturated rings. The SMILES string of the molecule is COC(=O)CN1C(=O)S/C(=C/c2cc(OC)c(OC)cc2C)C1=O. The fourth-order valence-electron chi connectivity index (χ4n) is 2.12. The maximum atomic E-state index is 12.3. The molecule has 8 heteroatoms. The minimum absolute atomic E-state index is 0.235. The highest BCUT2D eigenvalue weighted by molar-refractivity contribution is 8.18. The van der Waals surface area contributed by atoms with Crippen molar-refractivity contribution >= 4 is 35.0 Å². The maximum Gasteiger partial charge on any atom is 0.325 e. The number of imide groups is 1. The average Bonchev–Trinajstić information content (AvgIpc) is 2.83. The van der Waals surface area contributed by atoms with Crippen LogP contribution >= 0.6 is 11.8 Å². The van der Waals surface area contributed by atoms with Crippen LogP contribution in [0.3, 0.4) is 0 Å². The molecule has 0 saturated carbocycles. The Hall–Kier alpha value is -2.48. The molecule has 1 aromatic rings. The number of esters is 1. The lowest BCUT2D eigenvalue weighted by atomic mass is 10.1. The van der Waals surface area contributed by atoms with Gasteiger partial charge in [0, 0.05) is 0 Å². The molecule has 2 amide bonds. The summed E-state index contributed by atoms with van der Waals surface area (Å²) in [6.07, 6.45) is 1.60. The molecule has 0 aliphatic carbocycles. The van der Waals surface area contributed by atoms with Crippen molar-refractivity contribution in [2.75, 3.05) is 27.9 Å². The summed E-state index contributed by atoms with van der Waals surface area (Å²) in [5.74, 6) is -0.0838. The minimum atomic E-state index is -0.652. The molecule has 0 N–H and O–H groups in total. The lowest BCUT2D eigenvalue weighted by Crippen LogP contribution is -2.34. The zero-order valence-corrected chi connectivity index (χ0v) is 14.6. The highest BCUT2D eigenvalue weighted by atomic mass is 32.2. The van der Waals surface area contributed by atoms with Crippen molar-refractivity contribution in [2.45, 2.75) is 6.92 Å². The third-order valence-corrected chi connectivity index (χ3v) is 4.35. The minimum Gasteiger partial charge on any atom is -0.493 e. The van der Waals surface area contributed by atoms with Gasteiger partial charge < -0.3 is 14.2 Å². The van der Waals surface area contributed by atoms with Crippen LogP contribution in [0.1, 0.15) is 11.1 Å². The fraction of sp³-hybridized carbons (Fsp3) is 0.312. The second-order valence-electron chi connectivity index (χ2n) is 4.91. The van der Waals surface area contributed by atoms with Crippen molar-refractivity contribution in [3.63, 3.8) is 0 Å². The van der Waals surface area contributed by atoms with E-state index < -0.39 is 23.7 Å². The molecule has 7 nitrogen and oxygen atoms in total. The first kappa shape index (κ1) is 17.9. The molecule has 0 radical (unpaired) electrons. The largest absolute Gasteiger partial charge is 0.493 e. The standard InChI is InChI=1S/C16H17NO6S/c1-9-5-11(21-2)12(22-3)6-10(9)7-13-15(19)17(16(20)24-13)8-14(18)23-4/h5-7H,8H2,1-4H3/b13-7+. The predicted molar refractivity (Wildman–Crippen MR) is 89.0 cm³/mol. The normalized spacial score (nSPS) is 15.8. The van der Waals surface area contributed by atoms with Crippen LogP contribution in [-0.4, -0.2) is 49.9 Å². The molecule has 1 aliphatic heterocycles. The number of carbonyl (C=O) groups is 3. The third kappa shape index (κ3) is 3.53. The van der Waals surface area contributed by atoms with E-state index in [1.165, 1.54) is 21.3 Å². The van der Waals surface area contributed by atoms with Crippen molar-refractivity contribution in [1.29, 1.82) is 0 Å². The number of ether oxygens (including phenoxy) is 3. The van der Waals surface area contributed by atoms with Gasteiger partial charge in [0.25, 0.3) is 11.1 Å². The van der Waals surface area contributed by atoms with E-state index in [4.69, 9.17) is 9.47 Å². The quantitative estimate of drug-likeness (QED) is 0.594. The molecule has 2 rings (SSSR count). The van der Waals surface area contributed by atoms with Crippen LogP contribution in [-0.2, 0) is 14.3 Å². The third-order valence-electron chi connectivity index (χ3n) is 3.45. The van der Waals surface area contributed by atoms with Gasteiger partial charge in [0.15, 0.2) is 11.5 Å². The molecule has 128 valence electrons. The number of nitrogens with zero attached hydrogens (tertiary/aromatic N) is 1. The van der Waals surface area contributed by atoms with Gasteiger partial charge >= 0.3 is 5.97 Å². The van der Waals surface area contributed by atoms with Gasteiger partial charge in [0.2, 0.25) is 0 Å². The number of hydrogen-bond donors (Lipinski definition) is 0. The molecular weight excluding hydrogens is 334 g/mol. The van der Waals surface area contributed by atoms with E-state index in [0.717, 1.165) is 27.8 Å². The van der Waals surface area contributed by atoms with Gasteiger partial charge in [-0.15, -0.1) is 0 Å². The number of amides is 2. The van der Waals surface area contributed by atoms with Crippen LogP contribution in [0.5, 0.6) is 11.5 Å². The molecule has 0 bridgehead atoms. The molecule has 24 heavy (non-hydrogen) atoms. The first-order valence-electron chi connectivity index (χ1n) is 6.96. The summed E-state index contributed by atoms with van der Waals surface area (Å²) in [6, 6.07) is 3.51. The highest BCUT2D eigenvalue weighted by Gasteiger charge is 2.36. The Labute approximate surface area is 143 Å². The van der Waals surface area contributed by atoms with Crippen molar-refractivity contribution in [3.8, 4) is 11.5 Å². The zero-order valence-electron chi connectivity index (χ0n) is 13.7. The number of thioether (sulfide) groups is 1. The number of rotatable bonds is 5. The molecule has 0 spiro atoms. The summed E-state index contributed by atoms with van der Waals surface area (Å²) in [7, 11) is 4.25.